The summed E-state index contributed by atoms with van der Waals surface area (Å²) in [6.45, 7) is 0. The highest BCUT2D eigenvalue weighted by atomic mass is 19.1. The van der Waals surface area contributed by atoms with Gasteiger partial charge in [0, 0.05) is 16.9 Å². The van der Waals surface area contributed by atoms with Gasteiger partial charge in [0.2, 0.25) is 0 Å². The molecule has 4 rings (SSSR count). The Hall–Kier alpha value is -3.02. The molecule has 0 unspecified atom stereocenters. The van der Waals surface area contributed by atoms with E-state index in [1.54, 1.807) is 16.8 Å². The van der Waals surface area contributed by atoms with E-state index in [-0.39, 0.29) is 17.5 Å². The normalized spacial score (nSPS) is 13.3. The van der Waals surface area contributed by atoms with E-state index in [0.717, 1.165) is 42.6 Å². The molecule has 0 saturated carbocycles. The molecule has 6 heteroatoms. The summed E-state index contributed by atoms with van der Waals surface area (Å²) in [5.41, 5.74) is 3.53. The third kappa shape index (κ3) is 3.10. The molecular formula is C20H17F2N3O. The number of nitrogens with one attached hydrogen (secondary N) is 1. The monoisotopic (exact) mass is 353 g/mol. The van der Waals surface area contributed by atoms with Gasteiger partial charge in [-0.1, -0.05) is 0 Å². The highest BCUT2D eigenvalue weighted by molar-refractivity contribution is 6.04. The Bertz CT molecular complexity index is 946. The van der Waals surface area contributed by atoms with Crippen molar-refractivity contribution >= 4 is 11.6 Å². The fourth-order valence-electron chi connectivity index (χ4n) is 3.30. The lowest BCUT2D eigenvalue weighted by atomic mass is 9.95. The first kappa shape index (κ1) is 16.4. The maximum atomic E-state index is 13.2. The molecule has 1 aliphatic rings. The van der Waals surface area contributed by atoms with Crippen LogP contribution >= 0.6 is 0 Å². The molecule has 4 nitrogen and oxygen atoms in total. The fraction of sp³-hybridized carbons (Fsp3) is 0.200. The van der Waals surface area contributed by atoms with Gasteiger partial charge in [0.05, 0.1) is 5.69 Å². The van der Waals surface area contributed by atoms with Gasteiger partial charge in [-0.15, -0.1) is 0 Å². The van der Waals surface area contributed by atoms with Gasteiger partial charge in [-0.3, -0.25) is 4.79 Å². The SMILES string of the molecule is O=C(Nc1ccc(F)cc1)c1nn(-c2ccc(F)cc2)c2c1CCCC2. The Labute approximate surface area is 149 Å². The predicted octanol–water partition coefficient (Wildman–Crippen LogP) is 4.28. The third-order valence-corrected chi connectivity index (χ3v) is 4.57. The number of hydrogen-bond donors (Lipinski definition) is 1. The van der Waals surface area contributed by atoms with E-state index in [4.69, 9.17) is 0 Å². The van der Waals surface area contributed by atoms with Crippen LogP contribution in [0, 0.1) is 11.6 Å². The molecule has 1 aliphatic carbocycles. The molecule has 132 valence electrons. The number of carbonyl (C=O) groups excluding carboxylic acids is 1. The van der Waals surface area contributed by atoms with Gasteiger partial charge in [0.1, 0.15) is 11.6 Å². The number of fused-ring (bicyclic) bond motifs is 1. The van der Waals surface area contributed by atoms with Crippen LogP contribution in [0.5, 0.6) is 0 Å². The van der Waals surface area contributed by atoms with Crippen LogP contribution in [0.2, 0.25) is 0 Å². The third-order valence-electron chi connectivity index (χ3n) is 4.57. The van der Waals surface area contributed by atoms with Crippen LogP contribution in [0.1, 0.15) is 34.6 Å². The lowest BCUT2D eigenvalue weighted by Gasteiger charge is -2.14. The van der Waals surface area contributed by atoms with Gasteiger partial charge in [-0.25, -0.2) is 13.5 Å². The minimum atomic E-state index is -0.360. The molecule has 1 heterocycles. The molecule has 0 radical (unpaired) electrons. The minimum Gasteiger partial charge on any atom is -0.321 e. The standard InChI is InChI=1S/C20H17F2N3O/c21-13-5-9-15(10-6-13)23-20(26)19-17-3-1-2-4-18(17)25(24-19)16-11-7-14(22)8-12-16/h5-12H,1-4H2,(H,23,26). The first-order valence-electron chi connectivity index (χ1n) is 8.55. The number of halogens is 2. The van der Waals surface area contributed by atoms with Crippen molar-refractivity contribution in [3.8, 4) is 5.69 Å². The van der Waals surface area contributed by atoms with Gasteiger partial charge in [0.15, 0.2) is 5.69 Å². The summed E-state index contributed by atoms with van der Waals surface area (Å²) >= 11 is 0. The molecule has 1 N–H and O–H groups in total. The van der Waals surface area contributed by atoms with Crippen LogP contribution in [0.3, 0.4) is 0 Å². The molecule has 26 heavy (non-hydrogen) atoms. The van der Waals surface area contributed by atoms with Crippen LogP contribution < -0.4 is 5.32 Å². The van der Waals surface area contributed by atoms with Crippen molar-refractivity contribution in [3.63, 3.8) is 0 Å². The summed E-state index contributed by atoms with van der Waals surface area (Å²) in [5.74, 6) is -0.999. The maximum absolute atomic E-state index is 13.2. The second kappa shape index (κ2) is 6.71. The Kier molecular flexibility index (Phi) is 4.24. The van der Waals surface area contributed by atoms with Crippen molar-refractivity contribution in [2.24, 2.45) is 0 Å². The molecule has 0 atom stereocenters. The summed E-state index contributed by atoms with van der Waals surface area (Å²) in [4.78, 5) is 12.7. The minimum absolute atomic E-state index is 0.316. The summed E-state index contributed by atoms with van der Waals surface area (Å²) in [7, 11) is 0. The average molecular weight is 353 g/mol. The van der Waals surface area contributed by atoms with Gasteiger partial charge in [-0.05, 0) is 74.2 Å². The summed E-state index contributed by atoms with van der Waals surface area (Å²) in [5, 5.41) is 7.28. The summed E-state index contributed by atoms with van der Waals surface area (Å²) in [6.07, 6.45) is 3.63. The summed E-state index contributed by atoms with van der Waals surface area (Å²) in [6, 6.07) is 11.7. The molecule has 0 spiro atoms. The van der Waals surface area contributed by atoms with Crippen LogP contribution in [0.25, 0.3) is 5.69 Å². The molecule has 0 aliphatic heterocycles. The molecular weight excluding hydrogens is 336 g/mol. The van der Waals surface area contributed by atoms with E-state index in [2.05, 4.69) is 10.4 Å². The van der Waals surface area contributed by atoms with Crippen molar-refractivity contribution in [2.45, 2.75) is 25.7 Å². The Morgan fingerprint density at radius 3 is 2.23 bits per heavy atom. The molecule has 0 fully saturated rings. The maximum Gasteiger partial charge on any atom is 0.276 e. The van der Waals surface area contributed by atoms with E-state index in [1.807, 2.05) is 0 Å². The Morgan fingerprint density at radius 1 is 0.923 bits per heavy atom. The van der Waals surface area contributed by atoms with Crippen molar-refractivity contribution in [1.82, 2.24) is 9.78 Å². The summed E-state index contributed by atoms with van der Waals surface area (Å²) < 4.78 is 28.0. The van der Waals surface area contributed by atoms with Crippen LogP contribution in [0.15, 0.2) is 48.5 Å². The number of amides is 1. The van der Waals surface area contributed by atoms with Gasteiger partial charge in [0.25, 0.3) is 5.91 Å². The number of nitrogens with zero attached hydrogens (tertiary/aromatic N) is 2. The fourth-order valence-corrected chi connectivity index (χ4v) is 3.30. The second-order valence-corrected chi connectivity index (χ2v) is 6.33. The van der Waals surface area contributed by atoms with Gasteiger partial charge in [-0.2, -0.15) is 5.10 Å². The van der Waals surface area contributed by atoms with Crippen molar-refractivity contribution in [1.29, 1.82) is 0 Å². The van der Waals surface area contributed by atoms with Crippen LogP contribution in [-0.4, -0.2) is 15.7 Å². The van der Waals surface area contributed by atoms with Crippen molar-refractivity contribution < 1.29 is 13.6 Å². The first-order valence-corrected chi connectivity index (χ1v) is 8.55. The molecule has 1 aromatic heterocycles. The van der Waals surface area contributed by atoms with Gasteiger partial charge >= 0.3 is 0 Å². The smallest absolute Gasteiger partial charge is 0.276 e. The van der Waals surface area contributed by atoms with Crippen molar-refractivity contribution in [2.75, 3.05) is 5.32 Å². The lowest BCUT2D eigenvalue weighted by molar-refractivity contribution is 0.102. The number of hydrogen-bond acceptors (Lipinski definition) is 2. The zero-order chi connectivity index (χ0) is 18.1. The first-order chi connectivity index (χ1) is 12.6. The average Bonchev–Trinajstić information content (AvgIpc) is 3.04. The number of aromatic nitrogens is 2. The van der Waals surface area contributed by atoms with Crippen LogP contribution in [-0.2, 0) is 12.8 Å². The topological polar surface area (TPSA) is 46.9 Å². The molecule has 0 bridgehead atoms. The Morgan fingerprint density at radius 2 is 1.54 bits per heavy atom. The zero-order valence-electron chi connectivity index (χ0n) is 14.0. The van der Waals surface area contributed by atoms with E-state index in [9.17, 15) is 13.6 Å². The van der Waals surface area contributed by atoms with E-state index < -0.39 is 0 Å². The number of carbonyl (C=O) groups is 1. The zero-order valence-corrected chi connectivity index (χ0v) is 14.0. The molecule has 2 aromatic carbocycles. The Balaban J connectivity index is 1.70. The van der Waals surface area contributed by atoms with E-state index >= 15 is 0 Å². The van der Waals surface area contributed by atoms with E-state index in [1.165, 1.54) is 36.4 Å². The van der Waals surface area contributed by atoms with Gasteiger partial charge < -0.3 is 5.32 Å². The highest BCUT2D eigenvalue weighted by Crippen LogP contribution is 2.27. The molecule has 0 saturated heterocycles. The number of anilines is 1. The van der Waals surface area contributed by atoms with Crippen molar-refractivity contribution in [3.05, 3.63) is 77.1 Å². The molecule has 3 aromatic rings. The lowest BCUT2D eigenvalue weighted by Crippen LogP contribution is -2.15. The predicted molar refractivity (Wildman–Crippen MR) is 94.5 cm³/mol. The number of rotatable bonds is 3. The molecule has 1 amide bonds. The largest absolute Gasteiger partial charge is 0.321 e. The quantitative estimate of drug-likeness (QED) is 0.764. The second-order valence-electron chi connectivity index (χ2n) is 6.33. The highest BCUT2D eigenvalue weighted by Gasteiger charge is 2.25. The van der Waals surface area contributed by atoms with E-state index in [0.29, 0.717) is 11.4 Å². The van der Waals surface area contributed by atoms with Crippen LogP contribution in [0.4, 0.5) is 14.5 Å². The number of benzene rings is 2.